The fourth-order valence-electron chi connectivity index (χ4n) is 2.32. The first-order valence-electron chi connectivity index (χ1n) is 6.95. The molecule has 4 nitrogen and oxygen atoms in total. The lowest BCUT2D eigenvalue weighted by Crippen LogP contribution is -1.97. The van der Waals surface area contributed by atoms with E-state index in [-0.39, 0.29) is 0 Å². The highest BCUT2D eigenvalue weighted by Crippen LogP contribution is 2.14. The number of aryl methyl sites for hydroxylation is 4. The van der Waals surface area contributed by atoms with Gasteiger partial charge in [0.15, 0.2) is 0 Å². The maximum Gasteiger partial charge on any atom is 0.149 e. The molecule has 120 valence electrons. The van der Waals surface area contributed by atoms with E-state index in [4.69, 9.17) is 19.6 Å². The summed E-state index contributed by atoms with van der Waals surface area (Å²) in [6.45, 7) is 0. The van der Waals surface area contributed by atoms with Gasteiger partial charge in [0.05, 0.1) is 0 Å². The molecule has 6 heteroatoms. The molecule has 0 amide bonds. The zero-order chi connectivity index (χ0) is 16.2. The van der Waals surface area contributed by atoms with Crippen LogP contribution in [0.1, 0.15) is 22.3 Å². The molecule has 0 fully saturated rings. The second-order valence-electron chi connectivity index (χ2n) is 4.83. The lowest BCUT2D eigenvalue weighted by atomic mass is 9.97. The minimum absolute atomic E-state index is 0.917. The van der Waals surface area contributed by atoms with Gasteiger partial charge in [-0.3, -0.25) is 0 Å². The van der Waals surface area contributed by atoms with Crippen molar-refractivity contribution in [3.8, 4) is 0 Å². The van der Waals surface area contributed by atoms with Gasteiger partial charge in [-0.1, -0.05) is 48.5 Å². The zero-order valence-corrected chi connectivity index (χ0v) is 14.2. The highest BCUT2D eigenvalue weighted by atomic mass is 31.1. The van der Waals surface area contributed by atoms with Crippen LogP contribution in [-0.2, 0) is 25.7 Å². The first kappa shape index (κ1) is 19.2. The Labute approximate surface area is 134 Å². The SMILES string of the molecule is OPO.OPO.c1cc2ccc1CCc1ccc(cc1)CC2. The van der Waals surface area contributed by atoms with Crippen LogP contribution in [0.2, 0.25) is 0 Å². The quantitative estimate of drug-likeness (QED) is 0.556. The van der Waals surface area contributed by atoms with Crippen LogP contribution in [0.5, 0.6) is 0 Å². The van der Waals surface area contributed by atoms with Crippen LogP contribution >= 0.6 is 18.1 Å². The van der Waals surface area contributed by atoms with Gasteiger partial charge in [0.1, 0.15) is 18.1 Å². The summed E-state index contributed by atoms with van der Waals surface area (Å²) in [6, 6.07) is 18.2. The summed E-state index contributed by atoms with van der Waals surface area (Å²) in [4.78, 5) is 28.6. The van der Waals surface area contributed by atoms with Gasteiger partial charge in [-0.25, -0.2) is 0 Å². The van der Waals surface area contributed by atoms with Crippen molar-refractivity contribution in [3.63, 3.8) is 0 Å². The van der Waals surface area contributed by atoms with Crippen LogP contribution in [-0.4, -0.2) is 19.6 Å². The fourth-order valence-corrected chi connectivity index (χ4v) is 2.32. The molecule has 0 atom stereocenters. The molecule has 0 saturated heterocycles. The summed E-state index contributed by atoms with van der Waals surface area (Å²) in [5.41, 5.74) is 5.81. The molecular formula is C16H22O4P2. The molecule has 0 aromatic heterocycles. The molecule has 4 aliphatic rings. The highest BCUT2D eigenvalue weighted by Gasteiger charge is 2.01. The summed E-state index contributed by atoms with van der Waals surface area (Å²) in [5.74, 6) is 0. The van der Waals surface area contributed by atoms with E-state index < -0.39 is 18.1 Å². The van der Waals surface area contributed by atoms with E-state index in [1.165, 1.54) is 22.3 Å². The van der Waals surface area contributed by atoms with E-state index >= 15 is 0 Å². The lowest BCUT2D eigenvalue weighted by Gasteiger charge is -2.09. The molecule has 2 aromatic carbocycles. The van der Waals surface area contributed by atoms with Crippen molar-refractivity contribution >= 4 is 18.1 Å². The van der Waals surface area contributed by atoms with E-state index in [1.54, 1.807) is 0 Å². The van der Waals surface area contributed by atoms with Crippen molar-refractivity contribution in [3.05, 3.63) is 70.8 Å². The summed E-state index contributed by atoms with van der Waals surface area (Å²) >= 11 is 0. The second-order valence-corrected chi connectivity index (χ2v) is 5.23. The van der Waals surface area contributed by atoms with E-state index in [1.807, 2.05) is 0 Å². The lowest BCUT2D eigenvalue weighted by molar-refractivity contribution is 0.511. The van der Waals surface area contributed by atoms with Crippen molar-refractivity contribution in [2.24, 2.45) is 0 Å². The molecule has 4 bridgehead atoms. The van der Waals surface area contributed by atoms with Crippen molar-refractivity contribution in [2.75, 3.05) is 0 Å². The average molecular weight is 340 g/mol. The molecule has 22 heavy (non-hydrogen) atoms. The van der Waals surface area contributed by atoms with Gasteiger partial charge < -0.3 is 19.6 Å². The van der Waals surface area contributed by atoms with Crippen molar-refractivity contribution in [2.45, 2.75) is 25.7 Å². The van der Waals surface area contributed by atoms with E-state index in [0.717, 1.165) is 25.7 Å². The van der Waals surface area contributed by atoms with Gasteiger partial charge >= 0.3 is 0 Å². The Kier molecular flexibility index (Phi) is 10.2. The predicted octanol–water partition coefficient (Wildman–Crippen LogP) is 2.53. The number of rotatable bonds is 0. The standard InChI is InChI=1S/C16H16.2H3O2P/c1-2-14-4-3-13(1)9-10-15-5-7-16(8-6-15)12-11-14;2*1-3-2/h1-8H,9-12H2;2*1-3H. The highest BCUT2D eigenvalue weighted by molar-refractivity contribution is 7.23. The Morgan fingerprint density at radius 2 is 0.591 bits per heavy atom. The molecule has 2 aromatic rings. The fraction of sp³-hybridized carbons (Fsp3) is 0.250. The van der Waals surface area contributed by atoms with Gasteiger partial charge in [0.2, 0.25) is 0 Å². The first-order chi connectivity index (χ1) is 10.7. The largest absolute Gasteiger partial charge is 0.352 e. The number of benzene rings is 2. The molecule has 0 radical (unpaired) electrons. The van der Waals surface area contributed by atoms with Crippen LogP contribution in [0.15, 0.2) is 48.5 Å². The Balaban J connectivity index is 0.000000353. The van der Waals surface area contributed by atoms with Crippen LogP contribution in [0.3, 0.4) is 0 Å². The zero-order valence-electron chi connectivity index (χ0n) is 12.2. The van der Waals surface area contributed by atoms with Crippen molar-refractivity contribution < 1.29 is 19.6 Å². The van der Waals surface area contributed by atoms with Gasteiger partial charge in [0, 0.05) is 0 Å². The second kappa shape index (κ2) is 11.7. The van der Waals surface area contributed by atoms with Gasteiger partial charge in [-0.05, 0) is 47.9 Å². The van der Waals surface area contributed by atoms with Crippen molar-refractivity contribution in [1.29, 1.82) is 0 Å². The summed E-state index contributed by atoms with van der Waals surface area (Å²) in [5, 5.41) is 0. The molecule has 0 unspecified atom stereocenters. The third-order valence-corrected chi connectivity index (χ3v) is 3.45. The summed E-state index contributed by atoms with van der Waals surface area (Å²) in [6.07, 6.45) is 4.61. The Morgan fingerprint density at radius 3 is 0.727 bits per heavy atom. The van der Waals surface area contributed by atoms with E-state index in [2.05, 4.69) is 48.5 Å². The van der Waals surface area contributed by atoms with Gasteiger partial charge in [-0.15, -0.1) is 0 Å². The Bertz CT molecular complexity index is 419. The van der Waals surface area contributed by atoms with Crippen LogP contribution in [0, 0.1) is 0 Å². The van der Waals surface area contributed by atoms with E-state index in [9.17, 15) is 0 Å². The van der Waals surface area contributed by atoms with Crippen molar-refractivity contribution in [1.82, 2.24) is 0 Å². The molecule has 4 N–H and O–H groups in total. The van der Waals surface area contributed by atoms with E-state index in [0.29, 0.717) is 0 Å². The molecule has 4 aliphatic carbocycles. The molecule has 0 spiro atoms. The third-order valence-electron chi connectivity index (χ3n) is 3.45. The third kappa shape index (κ3) is 7.42. The summed E-state index contributed by atoms with van der Waals surface area (Å²) in [7, 11) is -1.83. The Morgan fingerprint density at radius 1 is 0.455 bits per heavy atom. The Hall–Kier alpha value is -0.860. The maximum atomic E-state index is 7.15. The topological polar surface area (TPSA) is 80.9 Å². The smallest absolute Gasteiger partial charge is 0.149 e. The minimum Gasteiger partial charge on any atom is -0.352 e. The van der Waals surface area contributed by atoms with Crippen LogP contribution in [0.25, 0.3) is 0 Å². The van der Waals surface area contributed by atoms with Crippen LogP contribution < -0.4 is 0 Å². The molecule has 6 rings (SSSR count). The molecule has 0 saturated carbocycles. The minimum atomic E-state index is -0.917. The average Bonchev–Trinajstić information content (AvgIpc) is 2.52. The number of hydrogen-bond donors (Lipinski definition) is 4. The number of hydrogen-bond acceptors (Lipinski definition) is 4. The molecular weight excluding hydrogens is 318 g/mol. The normalized spacial score (nSPS) is 12.2. The van der Waals surface area contributed by atoms with Crippen LogP contribution in [0.4, 0.5) is 0 Å². The predicted molar refractivity (Wildman–Crippen MR) is 93.2 cm³/mol. The van der Waals surface area contributed by atoms with Gasteiger partial charge in [0.25, 0.3) is 0 Å². The summed E-state index contributed by atoms with van der Waals surface area (Å²) < 4.78 is 0. The monoisotopic (exact) mass is 340 g/mol. The molecule has 0 heterocycles. The first-order valence-corrected chi connectivity index (χ1v) is 8.74. The molecule has 0 aliphatic heterocycles. The maximum absolute atomic E-state index is 7.15. The van der Waals surface area contributed by atoms with Gasteiger partial charge in [-0.2, -0.15) is 0 Å².